The lowest BCUT2D eigenvalue weighted by atomic mass is 10.1. The Balaban J connectivity index is 1.76. The maximum Gasteiger partial charge on any atom is 0.225 e. The number of benzene rings is 2. The lowest BCUT2D eigenvalue weighted by molar-refractivity contribution is 1.03. The van der Waals surface area contributed by atoms with E-state index in [-0.39, 0.29) is 0 Å². The summed E-state index contributed by atoms with van der Waals surface area (Å²) in [6.45, 7) is 8.99. The first-order valence-electron chi connectivity index (χ1n) is 8.49. The molecular formula is C21H24N4. The normalized spacial score (nSPS) is 10.6. The molecule has 0 aliphatic heterocycles. The molecule has 0 atom stereocenters. The molecule has 0 amide bonds. The van der Waals surface area contributed by atoms with Crippen LogP contribution in [0.3, 0.4) is 0 Å². The number of aromatic nitrogens is 2. The molecule has 1 aromatic heterocycles. The van der Waals surface area contributed by atoms with E-state index in [2.05, 4.69) is 83.8 Å². The monoisotopic (exact) mass is 332 g/mol. The van der Waals surface area contributed by atoms with E-state index in [0.29, 0.717) is 12.5 Å². The van der Waals surface area contributed by atoms with Crippen molar-refractivity contribution in [2.45, 2.75) is 34.2 Å². The van der Waals surface area contributed by atoms with Crippen LogP contribution in [0.1, 0.15) is 27.9 Å². The van der Waals surface area contributed by atoms with Crippen molar-refractivity contribution in [3.63, 3.8) is 0 Å². The molecule has 3 rings (SSSR count). The van der Waals surface area contributed by atoms with Gasteiger partial charge in [0, 0.05) is 24.0 Å². The Kier molecular flexibility index (Phi) is 4.98. The van der Waals surface area contributed by atoms with Crippen molar-refractivity contribution in [2.75, 3.05) is 10.6 Å². The highest BCUT2D eigenvalue weighted by Gasteiger charge is 2.06. The van der Waals surface area contributed by atoms with Crippen LogP contribution in [0, 0.1) is 27.7 Å². The van der Waals surface area contributed by atoms with Crippen LogP contribution in [0.15, 0.2) is 48.5 Å². The number of nitrogens with one attached hydrogen (secondary N) is 2. The average Bonchev–Trinajstić information content (AvgIpc) is 2.58. The van der Waals surface area contributed by atoms with Gasteiger partial charge in [-0.15, -0.1) is 0 Å². The first kappa shape index (κ1) is 17.0. The van der Waals surface area contributed by atoms with Gasteiger partial charge in [-0.25, -0.2) is 4.98 Å². The fourth-order valence-electron chi connectivity index (χ4n) is 2.62. The van der Waals surface area contributed by atoms with Crippen LogP contribution >= 0.6 is 0 Å². The number of hydrogen-bond donors (Lipinski definition) is 2. The standard InChI is InChI=1S/C21H24N4/c1-14-8-10-18(11-9-14)13-22-21-23-16(3)12-20(25-21)24-19-7-5-6-15(2)17(19)4/h5-12H,13H2,1-4H3,(H2,22,23,24,25). The van der Waals surface area contributed by atoms with Gasteiger partial charge in [0.25, 0.3) is 0 Å². The van der Waals surface area contributed by atoms with Gasteiger partial charge in [0.15, 0.2) is 0 Å². The smallest absolute Gasteiger partial charge is 0.225 e. The van der Waals surface area contributed by atoms with Crippen molar-refractivity contribution in [1.82, 2.24) is 9.97 Å². The van der Waals surface area contributed by atoms with E-state index >= 15 is 0 Å². The highest BCUT2D eigenvalue weighted by Crippen LogP contribution is 2.22. The molecule has 0 spiro atoms. The lowest BCUT2D eigenvalue weighted by Gasteiger charge is -2.13. The number of anilines is 3. The summed E-state index contributed by atoms with van der Waals surface area (Å²) in [6, 6.07) is 16.7. The van der Waals surface area contributed by atoms with Gasteiger partial charge in [-0.05, 0) is 50.5 Å². The summed E-state index contributed by atoms with van der Waals surface area (Å²) in [5.41, 5.74) is 6.95. The molecule has 0 fully saturated rings. The summed E-state index contributed by atoms with van der Waals surface area (Å²) in [4.78, 5) is 9.08. The van der Waals surface area contributed by atoms with E-state index in [1.54, 1.807) is 0 Å². The van der Waals surface area contributed by atoms with E-state index in [1.807, 2.05) is 13.0 Å². The van der Waals surface area contributed by atoms with Gasteiger partial charge in [0.1, 0.15) is 5.82 Å². The molecule has 0 unspecified atom stereocenters. The molecule has 0 radical (unpaired) electrons. The zero-order valence-electron chi connectivity index (χ0n) is 15.2. The molecule has 3 aromatic rings. The first-order chi connectivity index (χ1) is 12.0. The second kappa shape index (κ2) is 7.34. The van der Waals surface area contributed by atoms with Crippen LogP contribution in [0.25, 0.3) is 0 Å². The largest absolute Gasteiger partial charge is 0.350 e. The highest BCUT2D eigenvalue weighted by molar-refractivity contribution is 5.62. The number of nitrogens with zero attached hydrogens (tertiary/aromatic N) is 2. The third-order valence-corrected chi connectivity index (χ3v) is 4.29. The predicted molar refractivity (Wildman–Crippen MR) is 104 cm³/mol. The Labute approximate surface area is 149 Å². The highest BCUT2D eigenvalue weighted by atomic mass is 15.1. The Morgan fingerprint density at radius 2 is 1.64 bits per heavy atom. The van der Waals surface area contributed by atoms with Crippen molar-refractivity contribution in [3.8, 4) is 0 Å². The van der Waals surface area contributed by atoms with Gasteiger partial charge < -0.3 is 10.6 Å². The minimum Gasteiger partial charge on any atom is -0.350 e. The summed E-state index contributed by atoms with van der Waals surface area (Å²) < 4.78 is 0. The fraction of sp³-hybridized carbons (Fsp3) is 0.238. The number of hydrogen-bond acceptors (Lipinski definition) is 4. The van der Waals surface area contributed by atoms with Gasteiger partial charge in [0.05, 0.1) is 0 Å². The van der Waals surface area contributed by atoms with Crippen molar-refractivity contribution < 1.29 is 0 Å². The molecule has 25 heavy (non-hydrogen) atoms. The third-order valence-electron chi connectivity index (χ3n) is 4.29. The van der Waals surface area contributed by atoms with E-state index in [1.165, 1.54) is 22.3 Å². The van der Waals surface area contributed by atoms with Crippen LogP contribution < -0.4 is 10.6 Å². The average molecular weight is 332 g/mol. The Bertz CT molecular complexity index is 870. The van der Waals surface area contributed by atoms with Gasteiger partial charge in [0.2, 0.25) is 5.95 Å². The summed E-state index contributed by atoms with van der Waals surface area (Å²) in [7, 11) is 0. The van der Waals surface area contributed by atoms with Crippen LogP contribution in [0.5, 0.6) is 0 Å². The first-order valence-corrected chi connectivity index (χ1v) is 8.49. The topological polar surface area (TPSA) is 49.8 Å². The molecule has 1 heterocycles. The quantitative estimate of drug-likeness (QED) is 0.685. The van der Waals surface area contributed by atoms with Crippen LogP contribution in [-0.2, 0) is 6.54 Å². The molecule has 0 saturated heterocycles. The van der Waals surface area contributed by atoms with Crippen molar-refractivity contribution >= 4 is 17.5 Å². The minimum absolute atomic E-state index is 0.633. The summed E-state index contributed by atoms with van der Waals surface area (Å²) in [5.74, 6) is 1.43. The Hall–Kier alpha value is -2.88. The molecule has 2 N–H and O–H groups in total. The maximum atomic E-state index is 4.60. The van der Waals surface area contributed by atoms with Crippen molar-refractivity contribution in [2.24, 2.45) is 0 Å². The Morgan fingerprint density at radius 1 is 0.880 bits per heavy atom. The van der Waals surface area contributed by atoms with Crippen molar-refractivity contribution in [3.05, 3.63) is 76.5 Å². The third kappa shape index (κ3) is 4.35. The molecule has 0 saturated carbocycles. The molecule has 0 bridgehead atoms. The van der Waals surface area contributed by atoms with Gasteiger partial charge in [-0.3, -0.25) is 0 Å². The molecule has 4 heteroatoms. The van der Waals surface area contributed by atoms with Crippen LogP contribution in [0.2, 0.25) is 0 Å². The summed E-state index contributed by atoms with van der Waals surface area (Å²) >= 11 is 0. The minimum atomic E-state index is 0.633. The molecule has 4 nitrogen and oxygen atoms in total. The predicted octanol–water partition coefficient (Wildman–Crippen LogP) is 5.07. The van der Waals surface area contributed by atoms with Gasteiger partial charge in [-0.2, -0.15) is 4.98 Å². The maximum absolute atomic E-state index is 4.60. The summed E-state index contributed by atoms with van der Waals surface area (Å²) in [5, 5.41) is 6.72. The molecule has 0 aliphatic rings. The zero-order valence-corrected chi connectivity index (χ0v) is 15.2. The van der Waals surface area contributed by atoms with Gasteiger partial charge >= 0.3 is 0 Å². The van der Waals surface area contributed by atoms with Crippen LogP contribution in [-0.4, -0.2) is 9.97 Å². The Morgan fingerprint density at radius 3 is 2.40 bits per heavy atom. The second-order valence-corrected chi connectivity index (χ2v) is 6.43. The second-order valence-electron chi connectivity index (χ2n) is 6.43. The fourth-order valence-corrected chi connectivity index (χ4v) is 2.62. The number of rotatable bonds is 5. The van der Waals surface area contributed by atoms with E-state index in [4.69, 9.17) is 0 Å². The number of aryl methyl sites for hydroxylation is 3. The molecule has 0 aliphatic carbocycles. The van der Waals surface area contributed by atoms with Gasteiger partial charge in [-0.1, -0.05) is 42.0 Å². The van der Waals surface area contributed by atoms with E-state index < -0.39 is 0 Å². The molecule has 2 aromatic carbocycles. The van der Waals surface area contributed by atoms with Crippen molar-refractivity contribution in [1.29, 1.82) is 0 Å². The summed E-state index contributed by atoms with van der Waals surface area (Å²) in [6.07, 6.45) is 0. The van der Waals surface area contributed by atoms with E-state index in [0.717, 1.165) is 17.2 Å². The molecular weight excluding hydrogens is 308 g/mol. The lowest BCUT2D eigenvalue weighted by Crippen LogP contribution is -2.06. The van der Waals surface area contributed by atoms with Crippen LogP contribution in [0.4, 0.5) is 17.5 Å². The molecule has 128 valence electrons. The van der Waals surface area contributed by atoms with E-state index in [9.17, 15) is 0 Å². The zero-order chi connectivity index (χ0) is 17.8. The SMILES string of the molecule is Cc1ccc(CNc2nc(C)cc(Nc3cccc(C)c3C)n2)cc1.